The summed E-state index contributed by atoms with van der Waals surface area (Å²) in [5, 5.41) is 0. The molecule has 35 heavy (non-hydrogen) atoms. The Balaban J connectivity index is 1.74. The van der Waals surface area contributed by atoms with Crippen LogP contribution in [0.2, 0.25) is 0 Å². The van der Waals surface area contributed by atoms with Gasteiger partial charge in [0, 0.05) is 11.1 Å². The van der Waals surface area contributed by atoms with Crippen LogP contribution < -0.4 is 15.4 Å². The van der Waals surface area contributed by atoms with Crippen LogP contribution in [0.3, 0.4) is 0 Å². The highest BCUT2D eigenvalue weighted by atomic mass is 16.6. The van der Waals surface area contributed by atoms with Gasteiger partial charge in [-0.25, -0.2) is 4.79 Å². The molecule has 0 bridgehead atoms. The lowest BCUT2D eigenvalue weighted by Crippen LogP contribution is -2.41. The summed E-state index contributed by atoms with van der Waals surface area (Å²) in [6.07, 6.45) is -0.449. The van der Waals surface area contributed by atoms with Gasteiger partial charge in [-0.1, -0.05) is 66.7 Å². The largest absolute Gasteiger partial charge is 0.490 e. The summed E-state index contributed by atoms with van der Waals surface area (Å²) < 4.78 is 11.4. The number of nitrogens with two attached hydrogens (primary N) is 1. The molecule has 0 spiro atoms. The van der Waals surface area contributed by atoms with Gasteiger partial charge in [0.1, 0.15) is 18.0 Å². The van der Waals surface area contributed by atoms with Crippen LogP contribution in [0.4, 0.5) is 10.5 Å². The molecule has 1 aliphatic heterocycles. The SMILES string of the molecule is CC(C)(C)OC(=O)N1CCOc2cc(C(N=C(c3ccccc3)c3ccccc3)C(N)=O)ccc21. The molecule has 1 heterocycles. The zero-order valence-electron chi connectivity index (χ0n) is 20.1. The number of nitrogens with zero attached hydrogens (tertiary/aromatic N) is 2. The van der Waals surface area contributed by atoms with E-state index in [2.05, 4.69) is 0 Å². The summed E-state index contributed by atoms with van der Waals surface area (Å²) >= 11 is 0. The Morgan fingerprint density at radius 1 is 0.971 bits per heavy atom. The van der Waals surface area contributed by atoms with E-state index in [4.69, 9.17) is 20.2 Å². The second kappa shape index (κ2) is 10.0. The predicted octanol–water partition coefficient (Wildman–Crippen LogP) is 4.88. The Labute approximate surface area is 205 Å². The second-order valence-corrected chi connectivity index (χ2v) is 9.22. The Morgan fingerprint density at radius 2 is 1.57 bits per heavy atom. The summed E-state index contributed by atoms with van der Waals surface area (Å²) in [6, 6.07) is 23.6. The molecule has 4 rings (SSSR count). The van der Waals surface area contributed by atoms with Crippen LogP contribution in [0.1, 0.15) is 43.5 Å². The quantitative estimate of drug-likeness (QED) is 0.537. The molecule has 180 valence electrons. The van der Waals surface area contributed by atoms with Crippen molar-refractivity contribution in [2.75, 3.05) is 18.1 Å². The Morgan fingerprint density at radius 3 is 2.11 bits per heavy atom. The van der Waals surface area contributed by atoms with Crippen molar-refractivity contribution in [3.8, 4) is 5.75 Å². The van der Waals surface area contributed by atoms with E-state index in [0.717, 1.165) is 11.1 Å². The van der Waals surface area contributed by atoms with E-state index in [1.54, 1.807) is 18.2 Å². The van der Waals surface area contributed by atoms with Gasteiger partial charge in [0.05, 0.1) is 17.9 Å². The van der Waals surface area contributed by atoms with E-state index in [-0.39, 0.29) is 0 Å². The van der Waals surface area contributed by atoms with Gasteiger partial charge in [-0.15, -0.1) is 0 Å². The summed E-state index contributed by atoms with van der Waals surface area (Å²) in [5.41, 5.74) is 8.75. The Hall–Kier alpha value is -4.13. The van der Waals surface area contributed by atoms with Gasteiger partial charge in [-0.2, -0.15) is 0 Å². The van der Waals surface area contributed by atoms with Crippen LogP contribution in [-0.2, 0) is 9.53 Å². The van der Waals surface area contributed by atoms with Crippen LogP contribution in [0.25, 0.3) is 0 Å². The highest BCUT2D eigenvalue weighted by molar-refractivity contribution is 6.13. The van der Waals surface area contributed by atoms with E-state index in [1.807, 2.05) is 81.4 Å². The summed E-state index contributed by atoms with van der Waals surface area (Å²) in [6.45, 7) is 6.13. The summed E-state index contributed by atoms with van der Waals surface area (Å²) in [7, 11) is 0. The molecule has 7 nitrogen and oxygen atoms in total. The van der Waals surface area contributed by atoms with Gasteiger partial charge >= 0.3 is 6.09 Å². The highest BCUT2D eigenvalue weighted by Crippen LogP contribution is 2.36. The van der Waals surface area contributed by atoms with Crippen LogP contribution >= 0.6 is 0 Å². The van der Waals surface area contributed by atoms with Gasteiger partial charge in [-0.3, -0.25) is 14.7 Å². The first kappa shape index (κ1) is 24.0. The first-order valence-electron chi connectivity index (χ1n) is 11.5. The van der Waals surface area contributed by atoms with Crippen molar-refractivity contribution < 1.29 is 19.1 Å². The maximum Gasteiger partial charge on any atom is 0.415 e. The van der Waals surface area contributed by atoms with Crippen LogP contribution in [0, 0.1) is 0 Å². The number of carbonyl (C=O) groups excluding carboxylic acids is 2. The second-order valence-electron chi connectivity index (χ2n) is 9.22. The molecule has 2 amide bonds. The third-order valence-corrected chi connectivity index (χ3v) is 5.40. The van der Waals surface area contributed by atoms with E-state index < -0.39 is 23.6 Å². The zero-order valence-corrected chi connectivity index (χ0v) is 20.1. The Bertz CT molecular complexity index is 1190. The molecule has 0 fully saturated rings. The van der Waals surface area contributed by atoms with E-state index in [9.17, 15) is 9.59 Å². The predicted molar refractivity (Wildman–Crippen MR) is 136 cm³/mol. The molecule has 2 N–H and O–H groups in total. The molecule has 3 aromatic rings. The molecule has 1 aliphatic rings. The monoisotopic (exact) mass is 471 g/mol. The Kier molecular flexibility index (Phi) is 6.87. The fourth-order valence-electron chi connectivity index (χ4n) is 3.85. The maximum atomic E-state index is 12.7. The number of hydrogen-bond acceptors (Lipinski definition) is 5. The first-order chi connectivity index (χ1) is 16.7. The van der Waals surface area contributed by atoms with Crippen LogP contribution in [-0.4, -0.2) is 36.5 Å². The molecule has 0 saturated heterocycles. The number of rotatable bonds is 5. The van der Waals surface area contributed by atoms with Crippen molar-refractivity contribution in [3.63, 3.8) is 0 Å². The number of fused-ring (bicyclic) bond motifs is 1. The third-order valence-electron chi connectivity index (χ3n) is 5.40. The fourth-order valence-corrected chi connectivity index (χ4v) is 3.85. The molecule has 0 saturated carbocycles. The molecule has 1 unspecified atom stereocenters. The topological polar surface area (TPSA) is 94.2 Å². The average molecular weight is 472 g/mol. The lowest BCUT2D eigenvalue weighted by molar-refractivity contribution is -0.119. The summed E-state index contributed by atoms with van der Waals surface area (Å²) in [4.78, 5) is 31.7. The number of hydrogen-bond donors (Lipinski definition) is 1. The van der Waals surface area contributed by atoms with Crippen LogP contribution in [0.5, 0.6) is 5.75 Å². The standard InChI is InChI=1S/C28H29N3O4/c1-28(2,3)35-27(33)31-16-17-34-23-18-21(14-15-22(23)31)25(26(29)32)30-24(19-10-6-4-7-11-19)20-12-8-5-9-13-20/h4-15,18,25H,16-17H2,1-3H3,(H2,29,32). The number of primary amides is 1. The lowest BCUT2D eigenvalue weighted by Gasteiger charge is -2.32. The molecule has 0 aromatic heterocycles. The highest BCUT2D eigenvalue weighted by Gasteiger charge is 2.29. The summed E-state index contributed by atoms with van der Waals surface area (Å²) in [5.74, 6) is -0.115. The van der Waals surface area contributed by atoms with Gasteiger partial charge in [0.15, 0.2) is 6.04 Å². The van der Waals surface area contributed by atoms with Gasteiger partial charge in [-0.05, 0) is 38.5 Å². The minimum Gasteiger partial charge on any atom is -0.490 e. The fraction of sp³-hybridized carbons (Fsp3) is 0.250. The van der Waals surface area contributed by atoms with Gasteiger partial charge in [0.25, 0.3) is 0 Å². The van der Waals surface area contributed by atoms with E-state index in [0.29, 0.717) is 35.9 Å². The van der Waals surface area contributed by atoms with Gasteiger partial charge < -0.3 is 15.2 Å². The van der Waals surface area contributed by atoms with E-state index >= 15 is 0 Å². The molecular weight excluding hydrogens is 442 g/mol. The first-order valence-corrected chi connectivity index (χ1v) is 11.5. The third kappa shape index (κ3) is 5.69. The molecule has 7 heteroatoms. The normalized spacial score (nSPS) is 13.7. The van der Waals surface area contributed by atoms with Crippen molar-refractivity contribution in [2.24, 2.45) is 10.7 Å². The number of benzene rings is 3. The van der Waals surface area contributed by atoms with Crippen LogP contribution in [0.15, 0.2) is 83.9 Å². The molecular formula is C28H29N3O4. The maximum absolute atomic E-state index is 12.7. The zero-order chi connectivity index (χ0) is 25.0. The lowest BCUT2D eigenvalue weighted by atomic mass is 10.00. The number of ether oxygens (including phenoxy) is 2. The van der Waals surface area contributed by atoms with Crippen molar-refractivity contribution in [1.82, 2.24) is 0 Å². The smallest absolute Gasteiger partial charge is 0.415 e. The van der Waals surface area contributed by atoms with Crippen molar-refractivity contribution in [3.05, 3.63) is 95.6 Å². The van der Waals surface area contributed by atoms with E-state index in [1.165, 1.54) is 4.90 Å². The number of aliphatic imine (C=N–C) groups is 1. The molecule has 0 aliphatic carbocycles. The van der Waals surface area contributed by atoms with Crippen molar-refractivity contribution >= 4 is 23.4 Å². The van der Waals surface area contributed by atoms with Crippen molar-refractivity contribution in [2.45, 2.75) is 32.4 Å². The number of carbonyl (C=O) groups is 2. The minimum absolute atomic E-state index is 0.305. The van der Waals surface area contributed by atoms with Gasteiger partial charge in [0.2, 0.25) is 5.91 Å². The minimum atomic E-state index is -0.948. The molecule has 0 radical (unpaired) electrons. The number of anilines is 1. The average Bonchev–Trinajstić information content (AvgIpc) is 2.83. The van der Waals surface area contributed by atoms with Crippen molar-refractivity contribution in [1.29, 1.82) is 0 Å². The number of amides is 2. The molecule has 1 atom stereocenters. The molecule has 3 aromatic carbocycles.